The van der Waals surface area contributed by atoms with Crippen LogP contribution in [0.4, 0.5) is 10.1 Å². The van der Waals surface area contributed by atoms with E-state index in [-0.39, 0.29) is 16.6 Å². The zero-order valence-corrected chi connectivity index (χ0v) is 12.8. The maximum Gasteiger partial charge on any atom is 0.313 e. The van der Waals surface area contributed by atoms with E-state index in [1.165, 1.54) is 18.2 Å². The molecule has 118 valence electrons. The number of rotatable bonds is 4. The fraction of sp³-hybridized carbons (Fsp3) is 0.188. The lowest BCUT2D eigenvalue weighted by atomic mass is 10.0. The Morgan fingerprint density at radius 2 is 2.26 bits per heavy atom. The van der Waals surface area contributed by atoms with Gasteiger partial charge in [0.1, 0.15) is 0 Å². The highest BCUT2D eigenvalue weighted by molar-refractivity contribution is 6.31. The molecule has 3 rings (SSSR count). The smallest absolute Gasteiger partial charge is 0.313 e. The van der Waals surface area contributed by atoms with E-state index < -0.39 is 11.7 Å². The van der Waals surface area contributed by atoms with Crippen molar-refractivity contribution in [3.63, 3.8) is 0 Å². The third-order valence-electron chi connectivity index (χ3n) is 3.34. The lowest BCUT2D eigenvalue weighted by Gasteiger charge is -2.05. The van der Waals surface area contributed by atoms with E-state index in [2.05, 4.69) is 21.6 Å². The minimum atomic E-state index is -0.707. The van der Waals surface area contributed by atoms with Crippen molar-refractivity contribution >= 4 is 23.2 Å². The van der Waals surface area contributed by atoms with Gasteiger partial charge in [-0.05, 0) is 25.0 Å². The molecule has 1 aliphatic rings. The van der Waals surface area contributed by atoms with Crippen molar-refractivity contribution in [1.82, 2.24) is 10.2 Å². The first-order valence-electron chi connectivity index (χ1n) is 7.06. The Kier molecular flexibility index (Phi) is 4.52. The second-order valence-electron chi connectivity index (χ2n) is 5.02. The van der Waals surface area contributed by atoms with E-state index in [1.807, 2.05) is 12.2 Å². The molecule has 1 aromatic heterocycles. The maximum absolute atomic E-state index is 13.8. The van der Waals surface area contributed by atoms with Crippen LogP contribution in [0.1, 0.15) is 29.4 Å². The fourth-order valence-corrected chi connectivity index (χ4v) is 2.36. The highest BCUT2D eigenvalue weighted by Gasteiger charge is 2.18. The van der Waals surface area contributed by atoms with Crippen LogP contribution >= 0.6 is 11.6 Å². The molecule has 0 saturated carbocycles. The number of hydrogen-bond donors (Lipinski definition) is 1. The SMILES string of the molecule is O=C(Nc1cccc(Cl)c1F)c1nnc(CC2=CC=CCC2)o1. The number of benzene rings is 1. The van der Waals surface area contributed by atoms with Crippen LogP contribution in [0.25, 0.3) is 0 Å². The molecule has 0 bridgehead atoms. The van der Waals surface area contributed by atoms with E-state index in [1.54, 1.807) is 0 Å². The van der Waals surface area contributed by atoms with Crippen LogP contribution in [0.3, 0.4) is 0 Å². The Bertz CT molecular complexity index is 798. The topological polar surface area (TPSA) is 68.0 Å². The Morgan fingerprint density at radius 1 is 1.39 bits per heavy atom. The molecule has 0 radical (unpaired) electrons. The van der Waals surface area contributed by atoms with E-state index in [0.29, 0.717) is 12.3 Å². The molecule has 0 atom stereocenters. The zero-order valence-electron chi connectivity index (χ0n) is 12.1. The molecule has 23 heavy (non-hydrogen) atoms. The summed E-state index contributed by atoms with van der Waals surface area (Å²) in [6.45, 7) is 0. The average Bonchev–Trinajstić information content (AvgIpc) is 3.01. The Hall–Kier alpha value is -2.47. The van der Waals surface area contributed by atoms with Crippen molar-refractivity contribution in [3.8, 4) is 0 Å². The van der Waals surface area contributed by atoms with Gasteiger partial charge in [0.25, 0.3) is 0 Å². The molecule has 7 heteroatoms. The number of carbonyl (C=O) groups excluding carboxylic acids is 1. The summed E-state index contributed by atoms with van der Waals surface area (Å²) in [6, 6.07) is 4.32. The third-order valence-corrected chi connectivity index (χ3v) is 3.63. The van der Waals surface area contributed by atoms with Gasteiger partial charge in [0, 0.05) is 6.42 Å². The number of aromatic nitrogens is 2. The van der Waals surface area contributed by atoms with Gasteiger partial charge < -0.3 is 9.73 Å². The largest absolute Gasteiger partial charge is 0.417 e. The number of amides is 1. The Balaban J connectivity index is 1.70. The van der Waals surface area contributed by atoms with Crippen LogP contribution in [0.2, 0.25) is 5.02 Å². The van der Waals surface area contributed by atoms with Crippen molar-refractivity contribution in [1.29, 1.82) is 0 Å². The molecule has 1 N–H and O–H groups in total. The summed E-state index contributed by atoms with van der Waals surface area (Å²) in [7, 11) is 0. The summed E-state index contributed by atoms with van der Waals surface area (Å²) in [6.07, 6.45) is 8.45. The number of allylic oxidation sites excluding steroid dienone is 4. The first-order valence-corrected chi connectivity index (χ1v) is 7.43. The van der Waals surface area contributed by atoms with Crippen molar-refractivity contribution in [2.45, 2.75) is 19.3 Å². The normalized spacial score (nSPS) is 13.7. The van der Waals surface area contributed by atoms with E-state index in [0.717, 1.165) is 18.4 Å². The van der Waals surface area contributed by atoms with Gasteiger partial charge in [0.05, 0.1) is 10.7 Å². The lowest BCUT2D eigenvalue weighted by Crippen LogP contribution is -2.13. The van der Waals surface area contributed by atoms with Gasteiger partial charge in [0.15, 0.2) is 5.82 Å². The van der Waals surface area contributed by atoms with Crippen LogP contribution in [0.5, 0.6) is 0 Å². The number of nitrogens with one attached hydrogen (secondary N) is 1. The van der Waals surface area contributed by atoms with Gasteiger partial charge in [-0.2, -0.15) is 0 Å². The molecule has 2 aromatic rings. The molecule has 0 aliphatic heterocycles. The van der Waals surface area contributed by atoms with E-state index in [9.17, 15) is 9.18 Å². The van der Waals surface area contributed by atoms with Crippen LogP contribution in [0.15, 0.2) is 46.4 Å². The summed E-state index contributed by atoms with van der Waals surface area (Å²) >= 11 is 5.67. The van der Waals surface area contributed by atoms with Crippen molar-refractivity contribution < 1.29 is 13.6 Å². The lowest BCUT2D eigenvalue weighted by molar-refractivity contribution is 0.0988. The maximum atomic E-state index is 13.8. The molecule has 1 heterocycles. The van der Waals surface area contributed by atoms with E-state index in [4.69, 9.17) is 16.0 Å². The van der Waals surface area contributed by atoms with Crippen LogP contribution < -0.4 is 5.32 Å². The second-order valence-corrected chi connectivity index (χ2v) is 5.43. The van der Waals surface area contributed by atoms with Gasteiger partial charge in [-0.1, -0.05) is 41.5 Å². The predicted octanol–water partition coefficient (Wildman–Crippen LogP) is 3.93. The first kappa shape index (κ1) is 15.4. The Morgan fingerprint density at radius 3 is 3.04 bits per heavy atom. The number of hydrogen-bond acceptors (Lipinski definition) is 4. The van der Waals surface area contributed by atoms with Gasteiger partial charge >= 0.3 is 11.8 Å². The van der Waals surface area contributed by atoms with Gasteiger partial charge in [-0.15, -0.1) is 10.2 Å². The van der Waals surface area contributed by atoms with Crippen LogP contribution in [0, 0.1) is 5.82 Å². The molecule has 1 aromatic carbocycles. The number of carbonyl (C=O) groups is 1. The zero-order chi connectivity index (χ0) is 16.2. The molecule has 0 spiro atoms. The molecular weight excluding hydrogens is 321 g/mol. The van der Waals surface area contributed by atoms with Gasteiger partial charge in [-0.3, -0.25) is 4.79 Å². The molecule has 1 aliphatic carbocycles. The molecule has 5 nitrogen and oxygen atoms in total. The fourth-order valence-electron chi connectivity index (χ4n) is 2.19. The number of halogens is 2. The molecular formula is C16H13ClFN3O2. The monoisotopic (exact) mass is 333 g/mol. The summed E-state index contributed by atoms with van der Waals surface area (Å²) in [5.41, 5.74) is 1.12. The molecule has 0 unspecified atom stereocenters. The Labute approximate surface area is 136 Å². The third kappa shape index (κ3) is 3.65. The summed E-state index contributed by atoms with van der Waals surface area (Å²) in [4.78, 5) is 12.0. The average molecular weight is 334 g/mol. The summed E-state index contributed by atoms with van der Waals surface area (Å²) in [5.74, 6) is -1.25. The standard InChI is InChI=1S/C16H13ClFN3O2/c17-11-7-4-8-12(14(11)18)19-15(22)16-21-20-13(23-16)9-10-5-2-1-3-6-10/h1-2,4-5,7-8H,3,6,9H2,(H,19,22). The van der Waals surface area contributed by atoms with E-state index >= 15 is 0 Å². The highest BCUT2D eigenvalue weighted by Crippen LogP contribution is 2.22. The van der Waals surface area contributed by atoms with Crippen molar-refractivity contribution in [3.05, 3.63) is 64.6 Å². The molecule has 0 fully saturated rings. The second kappa shape index (κ2) is 6.75. The minimum absolute atomic E-state index is 0.0395. The van der Waals surface area contributed by atoms with Crippen LogP contribution in [-0.4, -0.2) is 16.1 Å². The van der Waals surface area contributed by atoms with Gasteiger partial charge in [0.2, 0.25) is 5.89 Å². The molecule has 0 saturated heterocycles. The van der Waals surface area contributed by atoms with Crippen molar-refractivity contribution in [2.24, 2.45) is 0 Å². The highest BCUT2D eigenvalue weighted by atomic mass is 35.5. The van der Waals surface area contributed by atoms with Crippen LogP contribution in [-0.2, 0) is 6.42 Å². The first-order chi connectivity index (χ1) is 11.1. The summed E-state index contributed by atoms with van der Waals surface area (Å²) < 4.78 is 19.1. The quantitative estimate of drug-likeness (QED) is 0.920. The minimum Gasteiger partial charge on any atom is -0.417 e. The van der Waals surface area contributed by atoms with Gasteiger partial charge in [-0.25, -0.2) is 4.39 Å². The summed E-state index contributed by atoms with van der Waals surface area (Å²) in [5, 5.41) is 9.84. The number of anilines is 1. The molecule has 1 amide bonds. The predicted molar refractivity (Wildman–Crippen MR) is 83.8 cm³/mol. The van der Waals surface area contributed by atoms with Crippen molar-refractivity contribution in [2.75, 3.05) is 5.32 Å². The number of nitrogens with zero attached hydrogens (tertiary/aromatic N) is 2.